The van der Waals surface area contributed by atoms with Crippen molar-refractivity contribution in [2.24, 2.45) is 5.92 Å². The summed E-state index contributed by atoms with van der Waals surface area (Å²) in [5.74, 6) is -1.18. The first-order chi connectivity index (χ1) is 8.95. The first-order valence-corrected chi connectivity index (χ1v) is 7.79. The van der Waals surface area contributed by atoms with E-state index in [9.17, 15) is 13.2 Å². The second kappa shape index (κ2) is 4.59. The van der Waals surface area contributed by atoms with Crippen LogP contribution in [0.3, 0.4) is 0 Å². The number of nitrogens with zero attached hydrogens (tertiary/aromatic N) is 1. The van der Waals surface area contributed by atoms with Crippen molar-refractivity contribution in [1.82, 2.24) is 4.98 Å². The molecule has 0 radical (unpaired) electrons. The van der Waals surface area contributed by atoms with Gasteiger partial charge in [0.05, 0.1) is 5.92 Å². The Labute approximate surface area is 117 Å². The zero-order chi connectivity index (χ0) is 13.6. The van der Waals surface area contributed by atoms with Crippen molar-refractivity contribution in [2.75, 3.05) is 0 Å². The minimum atomic E-state index is -4.07. The summed E-state index contributed by atoms with van der Waals surface area (Å²) in [6, 6.07) is 0. The highest BCUT2D eigenvalue weighted by molar-refractivity contribution is 7.14. The van der Waals surface area contributed by atoms with Gasteiger partial charge in [0, 0.05) is 26.9 Å². The van der Waals surface area contributed by atoms with E-state index in [4.69, 9.17) is 0 Å². The van der Waals surface area contributed by atoms with Gasteiger partial charge in [-0.3, -0.25) is 0 Å². The highest BCUT2D eigenvalue weighted by atomic mass is 32.1. The number of thiazole rings is 1. The van der Waals surface area contributed by atoms with Gasteiger partial charge >= 0.3 is 6.18 Å². The van der Waals surface area contributed by atoms with Crippen molar-refractivity contribution in [3.8, 4) is 10.6 Å². The van der Waals surface area contributed by atoms with Crippen molar-refractivity contribution in [3.63, 3.8) is 0 Å². The van der Waals surface area contributed by atoms with Gasteiger partial charge in [0.25, 0.3) is 0 Å². The van der Waals surface area contributed by atoms with Crippen LogP contribution in [0.2, 0.25) is 0 Å². The third kappa shape index (κ3) is 2.43. The molecule has 6 heteroatoms. The lowest BCUT2D eigenvalue weighted by molar-refractivity contribution is -0.176. The number of aromatic nitrogens is 1. The van der Waals surface area contributed by atoms with Crippen molar-refractivity contribution in [3.05, 3.63) is 26.9 Å². The van der Waals surface area contributed by atoms with Crippen LogP contribution >= 0.6 is 22.7 Å². The van der Waals surface area contributed by atoms with Crippen LogP contribution in [-0.2, 0) is 12.8 Å². The van der Waals surface area contributed by atoms with Gasteiger partial charge in [0.1, 0.15) is 5.01 Å². The van der Waals surface area contributed by atoms with Crippen LogP contribution in [0, 0.1) is 12.8 Å². The van der Waals surface area contributed by atoms with Gasteiger partial charge in [0.2, 0.25) is 0 Å². The number of alkyl halides is 3. The number of halogens is 3. The average molecular weight is 303 g/mol. The molecule has 19 heavy (non-hydrogen) atoms. The smallest absolute Gasteiger partial charge is 0.241 e. The molecule has 102 valence electrons. The summed E-state index contributed by atoms with van der Waals surface area (Å²) in [5, 5.41) is 4.86. The van der Waals surface area contributed by atoms with E-state index in [1.54, 1.807) is 11.3 Å². The molecule has 0 spiro atoms. The van der Waals surface area contributed by atoms with E-state index in [-0.39, 0.29) is 12.8 Å². The molecular weight excluding hydrogens is 291 g/mol. The normalized spacial score (nSPS) is 19.5. The summed E-state index contributed by atoms with van der Waals surface area (Å²) < 4.78 is 38.3. The van der Waals surface area contributed by atoms with Gasteiger partial charge < -0.3 is 0 Å². The van der Waals surface area contributed by atoms with Crippen molar-refractivity contribution in [1.29, 1.82) is 0 Å². The Morgan fingerprint density at radius 1 is 1.26 bits per heavy atom. The fourth-order valence-electron chi connectivity index (χ4n) is 2.45. The first-order valence-electron chi connectivity index (χ1n) is 6.03. The van der Waals surface area contributed by atoms with E-state index in [0.29, 0.717) is 6.42 Å². The summed E-state index contributed by atoms with van der Waals surface area (Å²) in [4.78, 5) is 5.32. The Morgan fingerprint density at radius 2 is 2.05 bits per heavy atom. The molecule has 0 aromatic carbocycles. The lowest BCUT2D eigenvalue weighted by Gasteiger charge is -2.24. The minimum Gasteiger partial charge on any atom is -0.241 e. The molecule has 1 atom stereocenters. The predicted molar refractivity (Wildman–Crippen MR) is 71.7 cm³/mol. The quantitative estimate of drug-likeness (QED) is 0.734. The third-order valence-corrected chi connectivity index (χ3v) is 5.51. The molecule has 0 N–H and O–H groups in total. The monoisotopic (exact) mass is 303 g/mol. The van der Waals surface area contributed by atoms with Gasteiger partial charge in [-0.15, -0.1) is 22.7 Å². The summed E-state index contributed by atoms with van der Waals surface area (Å²) in [5.41, 5.74) is 3.09. The topological polar surface area (TPSA) is 12.9 Å². The predicted octanol–water partition coefficient (Wildman–Crippen LogP) is 4.85. The second-order valence-corrected chi connectivity index (χ2v) is 6.65. The molecule has 2 heterocycles. The second-order valence-electron chi connectivity index (χ2n) is 4.83. The van der Waals surface area contributed by atoms with Crippen LogP contribution in [0.15, 0.2) is 10.8 Å². The maximum absolute atomic E-state index is 12.8. The Balaban J connectivity index is 1.92. The zero-order valence-electron chi connectivity index (χ0n) is 10.3. The van der Waals surface area contributed by atoms with E-state index in [1.807, 2.05) is 17.7 Å². The first kappa shape index (κ1) is 13.1. The standard InChI is InChI=1S/C13H12F3NS2/c1-7-5-19-12(17-7)10-6-18-11-4-8(13(14,15)16)2-3-9(10)11/h5-6,8H,2-4H2,1H3/t8-/m1/s1. The van der Waals surface area contributed by atoms with Crippen LogP contribution in [0.1, 0.15) is 22.6 Å². The number of rotatable bonds is 1. The molecular formula is C13H12F3NS2. The average Bonchev–Trinajstić information content (AvgIpc) is 2.92. The Morgan fingerprint density at radius 3 is 2.68 bits per heavy atom. The molecule has 0 saturated carbocycles. The van der Waals surface area contributed by atoms with Crippen molar-refractivity contribution in [2.45, 2.75) is 32.4 Å². The molecule has 2 aromatic heterocycles. The van der Waals surface area contributed by atoms with E-state index in [1.165, 1.54) is 11.3 Å². The number of fused-ring (bicyclic) bond motifs is 1. The molecule has 0 unspecified atom stereocenters. The van der Waals surface area contributed by atoms with Gasteiger partial charge in [-0.2, -0.15) is 13.2 Å². The fourth-order valence-corrected chi connectivity index (χ4v) is 4.53. The van der Waals surface area contributed by atoms with Crippen LogP contribution < -0.4 is 0 Å². The zero-order valence-corrected chi connectivity index (χ0v) is 11.9. The van der Waals surface area contributed by atoms with Gasteiger partial charge in [-0.05, 0) is 31.7 Å². The van der Waals surface area contributed by atoms with E-state index < -0.39 is 12.1 Å². The van der Waals surface area contributed by atoms with Gasteiger partial charge in [0.15, 0.2) is 0 Å². The highest BCUT2D eigenvalue weighted by Crippen LogP contribution is 2.43. The SMILES string of the molecule is Cc1csc(-c2csc3c2CC[C@@H](C(F)(F)F)C3)n1. The largest absolute Gasteiger partial charge is 0.392 e. The Bertz CT molecular complexity index is 597. The minimum absolute atomic E-state index is 0.133. The lowest BCUT2D eigenvalue weighted by Crippen LogP contribution is -2.28. The molecule has 0 bridgehead atoms. The van der Waals surface area contributed by atoms with Crippen LogP contribution in [0.5, 0.6) is 0 Å². The molecule has 0 aliphatic heterocycles. The lowest BCUT2D eigenvalue weighted by atomic mass is 9.87. The molecule has 3 rings (SSSR count). The molecule has 1 aliphatic rings. The van der Waals surface area contributed by atoms with Crippen LogP contribution in [0.25, 0.3) is 10.6 Å². The molecule has 0 amide bonds. The Kier molecular flexibility index (Phi) is 3.17. The highest BCUT2D eigenvalue weighted by Gasteiger charge is 2.42. The van der Waals surface area contributed by atoms with Gasteiger partial charge in [-0.25, -0.2) is 4.98 Å². The van der Waals surface area contributed by atoms with E-state index >= 15 is 0 Å². The summed E-state index contributed by atoms with van der Waals surface area (Å²) in [6.07, 6.45) is -3.23. The van der Waals surface area contributed by atoms with Crippen molar-refractivity contribution >= 4 is 22.7 Å². The van der Waals surface area contributed by atoms with E-state index in [2.05, 4.69) is 4.98 Å². The molecule has 1 aliphatic carbocycles. The number of hydrogen-bond acceptors (Lipinski definition) is 3. The van der Waals surface area contributed by atoms with Gasteiger partial charge in [-0.1, -0.05) is 0 Å². The van der Waals surface area contributed by atoms with Crippen molar-refractivity contribution < 1.29 is 13.2 Å². The maximum Gasteiger partial charge on any atom is 0.392 e. The summed E-state index contributed by atoms with van der Waals surface area (Å²) >= 11 is 3.00. The molecule has 0 saturated heterocycles. The number of aryl methyl sites for hydroxylation is 1. The fraction of sp³-hybridized carbons (Fsp3) is 0.462. The molecule has 2 aromatic rings. The molecule has 1 nitrogen and oxygen atoms in total. The number of hydrogen-bond donors (Lipinski definition) is 0. The van der Waals surface area contributed by atoms with Crippen LogP contribution in [0.4, 0.5) is 13.2 Å². The third-order valence-electron chi connectivity index (χ3n) is 3.47. The maximum atomic E-state index is 12.8. The van der Waals surface area contributed by atoms with Crippen LogP contribution in [-0.4, -0.2) is 11.2 Å². The Hall–Kier alpha value is -0.880. The number of thiophene rings is 1. The molecule has 0 fully saturated rings. The summed E-state index contributed by atoms with van der Waals surface area (Å²) in [7, 11) is 0. The van der Waals surface area contributed by atoms with E-state index in [0.717, 1.165) is 26.7 Å². The summed E-state index contributed by atoms with van der Waals surface area (Å²) in [6.45, 7) is 1.93.